The molecule has 0 aliphatic rings. The normalized spacial score (nSPS) is 11.1. The van der Waals surface area contributed by atoms with Gasteiger partial charge in [0.1, 0.15) is 0 Å². The molecule has 0 atom stereocenters. The van der Waals surface area contributed by atoms with Gasteiger partial charge in [-0.2, -0.15) is 0 Å². The van der Waals surface area contributed by atoms with Gasteiger partial charge in [0, 0.05) is 24.8 Å². The van der Waals surface area contributed by atoms with Crippen LogP contribution in [0.3, 0.4) is 0 Å². The molecule has 22 heavy (non-hydrogen) atoms. The summed E-state index contributed by atoms with van der Waals surface area (Å²) in [7, 11) is -3.25. The van der Waals surface area contributed by atoms with Crippen LogP contribution in [0.15, 0.2) is 29.2 Å². The molecule has 0 unspecified atom stereocenters. The minimum Gasteiger partial charge on any atom is -0.481 e. The summed E-state index contributed by atoms with van der Waals surface area (Å²) < 4.78 is 22.6. The maximum absolute atomic E-state index is 11.8. The highest BCUT2D eigenvalue weighted by molar-refractivity contribution is 7.90. The number of benzene rings is 1. The Morgan fingerprint density at radius 2 is 1.64 bits per heavy atom. The van der Waals surface area contributed by atoms with Gasteiger partial charge in [-0.05, 0) is 37.1 Å². The number of rotatable bonds is 9. The highest BCUT2D eigenvalue weighted by Gasteiger charge is 2.09. The van der Waals surface area contributed by atoms with Crippen molar-refractivity contribution >= 4 is 21.7 Å². The summed E-state index contributed by atoms with van der Waals surface area (Å²) in [6.07, 6.45) is 4.42. The molecule has 7 heteroatoms. The van der Waals surface area contributed by atoms with Crippen molar-refractivity contribution in [2.24, 2.45) is 0 Å². The lowest BCUT2D eigenvalue weighted by molar-refractivity contribution is -0.137. The predicted molar refractivity (Wildman–Crippen MR) is 82.6 cm³/mol. The first-order chi connectivity index (χ1) is 10.3. The SMILES string of the molecule is CS(=O)(=O)c1ccc(C(=O)NCCCCCCC(=O)O)cc1. The zero-order valence-electron chi connectivity index (χ0n) is 12.5. The number of hydrogen-bond acceptors (Lipinski definition) is 4. The van der Waals surface area contributed by atoms with E-state index in [1.165, 1.54) is 24.3 Å². The molecule has 0 aliphatic heterocycles. The van der Waals surface area contributed by atoms with Crippen LogP contribution in [0.2, 0.25) is 0 Å². The van der Waals surface area contributed by atoms with E-state index in [2.05, 4.69) is 5.32 Å². The van der Waals surface area contributed by atoms with Gasteiger partial charge in [0.25, 0.3) is 5.91 Å². The minimum absolute atomic E-state index is 0.180. The predicted octanol–water partition coefficient (Wildman–Crippen LogP) is 1.85. The number of carbonyl (C=O) groups is 2. The van der Waals surface area contributed by atoms with Gasteiger partial charge in [-0.25, -0.2) is 8.42 Å². The smallest absolute Gasteiger partial charge is 0.303 e. The summed E-state index contributed by atoms with van der Waals surface area (Å²) in [6, 6.07) is 5.80. The lowest BCUT2D eigenvalue weighted by Gasteiger charge is -2.06. The van der Waals surface area contributed by atoms with Crippen molar-refractivity contribution in [1.82, 2.24) is 5.32 Å². The van der Waals surface area contributed by atoms with Crippen LogP contribution in [0.5, 0.6) is 0 Å². The highest BCUT2D eigenvalue weighted by atomic mass is 32.2. The molecule has 0 bridgehead atoms. The average molecular weight is 327 g/mol. The van der Waals surface area contributed by atoms with Crippen molar-refractivity contribution in [3.8, 4) is 0 Å². The summed E-state index contributed by atoms with van der Waals surface area (Å²) in [6.45, 7) is 0.514. The van der Waals surface area contributed by atoms with E-state index in [1.54, 1.807) is 0 Å². The first kappa shape index (κ1) is 18.2. The van der Waals surface area contributed by atoms with Crippen molar-refractivity contribution in [1.29, 1.82) is 0 Å². The largest absolute Gasteiger partial charge is 0.481 e. The Labute approximate surface area is 130 Å². The van der Waals surface area contributed by atoms with Crippen LogP contribution in [0.4, 0.5) is 0 Å². The number of unbranched alkanes of at least 4 members (excludes halogenated alkanes) is 3. The van der Waals surface area contributed by atoms with Crippen LogP contribution < -0.4 is 5.32 Å². The number of sulfone groups is 1. The van der Waals surface area contributed by atoms with Crippen LogP contribution in [0.1, 0.15) is 42.5 Å². The summed E-state index contributed by atoms with van der Waals surface area (Å²) >= 11 is 0. The molecule has 1 aromatic rings. The second-order valence-corrected chi connectivity index (χ2v) is 7.13. The van der Waals surface area contributed by atoms with Gasteiger partial charge in [0.05, 0.1) is 4.90 Å². The lowest BCUT2D eigenvalue weighted by Crippen LogP contribution is -2.24. The first-order valence-corrected chi connectivity index (χ1v) is 9.00. The van der Waals surface area contributed by atoms with Gasteiger partial charge < -0.3 is 10.4 Å². The second kappa shape index (κ2) is 8.53. The second-order valence-electron chi connectivity index (χ2n) is 5.11. The molecule has 0 spiro atoms. The van der Waals surface area contributed by atoms with Gasteiger partial charge in [-0.3, -0.25) is 9.59 Å². The van der Waals surface area contributed by atoms with Crippen molar-refractivity contribution in [2.75, 3.05) is 12.8 Å². The molecule has 2 N–H and O–H groups in total. The number of hydrogen-bond donors (Lipinski definition) is 2. The summed E-state index contributed by atoms with van der Waals surface area (Å²) in [5.74, 6) is -1.03. The van der Waals surface area contributed by atoms with E-state index in [0.29, 0.717) is 18.5 Å². The molecular formula is C15H21NO5S. The molecule has 0 aliphatic carbocycles. The molecule has 122 valence electrons. The van der Waals surface area contributed by atoms with E-state index in [-0.39, 0.29) is 17.2 Å². The Kier molecular flexibility index (Phi) is 7.04. The van der Waals surface area contributed by atoms with Crippen molar-refractivity contribution in [3.05, 3.63) is 29.8 Å². The standard InChI is InChI=1S/C15H21NO5S/c1-22(20,21)13-9-7-12(8-10-13)15(19)16-11-5-3-2-4-6-14(17)18/h7-10H,2-6,11H2,1H3,(H,16,19)(H,17,18). The molecule has 1 rings (SSSR count). The third kappa shape index (κ3) is 6.71. The first-order valence-electron chi connectivity index (χ1n) is 7.11. The van der Waals surface area contributed by atoms with Gasteiger partial charge >= 0.3 is 5.97 Å². The quantitative estimate of drug-likeness (QED) is 0.674. The summed E-state index contributed by atoms with van der Waals surface area (Å²) in [5, 5.41) is 11.2. The minimum atomic E-state index is -3.25. The van der Waals surface area contributed by atoms with E-state index >= 15 is 0 Å². The van der Waals surface area contributed by atoms with Gasteiger partial charge in [0.2, 0.25) is 0 Å². The van der Waals surface area contributed by atoms with Crippen LogP contribution in [-0.4, -0.2) is 38.2 Å². The lowest BCUT2D eigenvalue weighted by atomic mass is 10.1. The molecule has 1 aromatic carbocycles. The van der Waals surface area contributed by atoms with E-state index in [4.69, 9.17) is 5.11 Å². The number of amides is 1. The van der Waals surface area contributed by atoms with Crippen molar-refractivity contribution in [2.45, 2.75) is 37.0 Å². The fourth-order valence-electron chi connectivity index (χ4n) is 1.91. The molecule has 0 heterocycles. The molecule has 0 radical (unpaired) electrons. The molecule has 0 fully saturated rings. The molecule has 0 aromatic heterocycles. The fraction of sp³-hybridized carbons (Fsp3) is 0.467. The highest BCUT2D eigenvalue weighted by Crippen LogP contribution is 2.10. The van der Waals surface area contributed by atoms with Gasteiger partial charge in [0.15, 0.2) is 9.84 Å². The van der Waals surface area contributed by atoms with Crippen LogP contribution in [0, 0.1) is 0 Å². The molecule has 0 saturated heterocycles. The Morgan fingerprint density at radius 3 is 2.18 bits per heavy atom. The zero-order chi connectivity index (χ0) is 16.6. The molecule has 6 nitrogen and oxygen atoms in total. The number of carboxylic acids is 1. The van der Waals surface area contributed by atoms with E-state index in [0.717, 1.165) is 25.5 Å². The van der Waals surface area contributed by atoms with E-state index in [1.807, 2.05) is 0 Å². The Balaban J connectivity index is 2.30. The molecule has 1 amide bonds. The fourth-order valence-corrected chi connectivity index (χ4v) is 2.54. The topological polar surface area (TPSA) is 101 Å². The van der Waals surface area contributed by atoms with Crippen LogP contribution in [-0.2, 0) is 14.6 Å². The maximum Gasteiger partial charge on any atom is 0.303 e. The Morgan fingerprint density at radius 1 is 1.05 bits per heavy atom. The average Bonchev–Trinajstić information content (AvgIpc) is 2.45. The van der Waals surface area contributed by atoms with E-state index in [9.17, 15) is 18.0 Å². The molecule has 0 saturated carbocycles. The number of carboxylic acid groups (broad SMARTS) is 1. The van der Waals surface area contributed by atoms with Crippen molar-refractivity contribution in [3.63, 3.8) is 0 Å². The Bertz CT molecular complexity index is 607. The number of carbonyl (C=O) groups excluding carboxylic acids is 1. The maximum atomic E-state index is 11.8. The molecular weight excluding hydrogens is 306 g/mol. The van der Waals surface area contributed by atoms with Gasteiger partial charge in [-0.1, -0.05) is 12.8 Å². The summed E-state index contributed by atoms with van der Waals surface area (Å²) in [5.41, 5.74) is 0.415. The van der Waals surface area contributed by atoms with E-state index < -0.39 is 15.8 Å². The van der Waals surface area contributed by atoms with Crippen LogP contribution >= 0.6 is 0 Å². The Hall–Kier alpha value is -1.89. The summed E-state index contributed by atoms with van der Waals surface area (Å²) in [4.78, 5) is 22.4. The van der Waals surface area contributed by atoms with Gasteiger partial charge in [-0.15, -0.1) is 0 Å². The monoisotopic (exact) mass is 327 g/mol. The zero-order valence-corrected chi connectivity index (χ0v) is 13.4. The van der Waals surface area contributed by atoms with Crippen molar-refractivity contribution < 1.29 is 23.1 Å². The number of aliphatic carboxylic acids is 1. The third-order valence-corrected chi connectivity index (χ3v) is 4.28. The van der Waals surface area contributed by atoms with Crippen LogP contribution in [0.25, 0.3) is 0 Å². The number of nitrogens with one attached hydrogen (secondary N) is 1. The third-order valence-electron chi connectivity index (χ3n) is 3.15.